The fourth-order valence-electron chi connectivity index (χ4n) is 2.19. The molecule has 0 saturated carbocycles. The van der Waals surface area contributed by atoms with Gasteiger partial charge in [0.25, 0.3) is 0 Å². The van der Waals surface area contributed by atoms with Gasteiger partial charge in [0.1, 0.15) is 6.04 Å². The van der Waals surface area contributed by atoms with Gasteiger partial charge in [0.05, 0.1) is 19.2 Å². The molecule has 21 heavy (non-hydrogen) atoms. The highest BCUT2D eigenvalue weighted by atomic mass is 16.5. The van der Waals surface area contributed by atoms with Crippen molar-refractivity contribution in [3.63, 3.8) is 0 Å². The van der Waals surface area contributed by atoms with Crippen LogP contribution in [0.25, 0.3) is 10.9 Å². The van der Waals surface area contributed by atoms with Crippen molar-refractivity contribution >= 4 is 16.9 Å². The van der Waals surface area contributed by atoms with Gasteiger partial charge >= 0.3 is 5.97 Å². The predicted octanol–water partition coefficient (Wildman–Crippen LogP) is 1.99. The number of benzene rings is 1. The van der Waals surface area contributed by atoms with E-state index >= 15 is 0 Å². The highest BCUT2D eigenvalue weighted by Crippen LogP contribution is 2.20. The first-order chi connectivity index (χ1) is 10.2. The second-order valence-electron chi connectivity index (χ2n) is 4.81. The SMILES string of the molecule is COCCNC(C(=O)OC)c1ccc2nc(C)ccc2c1. The highest BCUT2D eigenvalue weighted by molar-refractivity contribution is 5.83. The topological polar surface area (TPSA) is 60.5 Å². The smallest absolute Gasteiger partial charge is 0.327 e. The van der Waals surface area contributed by atoms with Gasteiger partial charge in [-0.05, 0) is 30.7 Å². The summed E-state index contributed by atoms with van der Waals surface area (Å²) in [5.41, 5.74) is 2.74. The molecule has 5 nitrogen and oxygen atoms in total. The molecule has 0 spiro atoms. The van der Waals surface area contributed by atoms with E-state index in [0.29, 0.717) is 13.2 Å². The van der Waals surface area contributed by atoms with Crippen LogP contribution in [-0.2, 0) is 14.3 Å². The maximum atomic E-state index is 12.0. The number of pyridine rings is 1. The van der Waals surface area contributed by atoms with Crippen LogP contribution in [0.3, 0.4) is 0 Å². The van der Waals surface area contributed by atoms with Crippen molar-refractivity contribution in [2.75, 3.05) is 27.4 Å². The Kier molecular flexibility index (Phi) is 5.25. The molecule has 112 valence electrons. The first-order valence-electron chi connectivity index (χ1n) is 6.83. The zero-order valence-corrected chi connectivity index (χ0v) is 12.6. The number of fused-ring (bicyclic) bond motifs is 1. The number of esters is 1. The number of aryl methyl sites for hydroxylation is 1. The molecule has 0 aliphatic rings. The predicted molar refractivity (Wildman–Crippen MR) is 81.1 cm³/mol. The number of aromatic nitrogens is 1. The Hall–Kier alpha value is -1.98. The Labute approximate surface area is 124 Å². The van der Waals surface area contributed by atoms with Crippen LogP contribution >= 0.6 is 0 Å². The van der Waals surface area contributed by atoms with E-state index in [1.807, 2.05) is 37.3 Å². The molecule has 0 bridgehead atoms. The summed E-state index contributed by atoms with van der Waals surface area (Å²) in [7, 11) is 3.01. The fourth-order valence-corrected chi connectivity index (χ4v) is 2.19. The third kappa shape index (κ3) is 3.77. The normalized spacial score (nSPS) is 12.3. The number of methoxy groups -OCH3 is 2. The van der Waals surface area contributed by atoms with Gasteiger partial charge < -0.3 is 9.47 Å². The summed E-state index contributed by atoms with van der Waals surface area (Å²) in [5.74, 6) is -0.314. The molecule has 1 aromatic heterocycles. The van der Waals surface area contributed by atoms with Crippen molar-refractivity contribution in [2.45, 2.75) is 13.0 Å². The molecule has 0 aliphatic carbocycles. The first kappa shape index (κ1) is 15.4. The molecule has 1 aromatic carbocycles. The van der Waals surface area contributed by atoms with Crippen molar-refractivity contribution in [1.82, 2.24) is 10.3 Å². The number of carbonyl (C=O) groups excluding carboxylic acids is 1. The summed E-state index contributed by atoms with van der Waals surface area (Å²) >= 11 is 0. The molecule has 0 radical (unpaired) electrons. The second kappa shape index (κ2) is 7.15. The largest absolute Gasteiger partial charge is 0.468 e. The van der Waals surface area contributed by atoms with Crippen LogP contribution in [0.1, 0.15) is 17.3 Å². The Bertz CT molecular complexity index is 628. The quantitative estimate of drug-likeness (QED) is 0.650. The lowest BCUT2D eigenvalue weighted by Gasteiger charge is -2.17. The van der Waals surface area contributed by atoms with E-state index in [1.165, 1.54) is 7.11 Å². The molecule has 1 heterocycles. The number of rotatable bonds is 6. The van der Waals surface area contributed by atoms with Crippen LogP contribution in [0, 0.1) is 6.92 Å². The fraction of sp³-hybridized carbons (Fsp3) is 0.375. The van der Waals surface area contributed by atoms with Gasteiger partial charge in [0.15, 0.2) is 0 Å². The van der Waals surface area contributed by atoms with E-state index in [0.717, 1.165) is 22.2 Å². The van der Waals surface area contributed by atoms with Crippen molar-refractivity contribution in [3.05, 3.63) is 41.6 Å². The van der Waals surface area contributed by atoms with Gasteiger partial charge in [-0.3, -0.25) is 10.3 Å². The molecule has 0 aliphatic heterocycles. The van der Waals surface area contributed by atoms with E-state index in [9.17, 15) is 4.79 Å². The van der Waals surface area contributed by atoms with Gasteiger partial charge in [-0.15, -0.1) is 0 Å². The summed E-state index contributed by atoms with van der Waals surface area (Å²) in [5, 5.41) is 4.14. The molecule has 5 heteroatoms. The average Bonchev–Trinajstić information content (AvgIpc) is 2.50. The molecule has 2 rings (SSSR count). The Morgan fingerprint density at radius 2 is 2.10 bits per heavy atom. The number of nitrogens with zero attached hydrogens (tertiary/aromatic N) is 1. The van der Waals surface area contributed by atoms with Crippen molar-refractivity contribution in [2.24, 2.45) is 0 Å². The summed E-state index contributed by atoms with van der Waals surface area (Å²) in [6.45, 7) is 3.05. The molecule has 1 unspecified atom stereocenters. The lowest BCUT2D eigenvalue weighted by Crippen LogP contribution is -2.32. The molecule has 2 aromatic rings. The number of ether oxygens (including phenoxy) is 2. The Balaban J connectivity index is 2.30. The van der Waals surface area contributed by atoms with Gasteiger partial charge in [-0.2, -0.15) is 0 Å². The average molecular weight is 288 g/mol. The minimum atomic E-state index is -0.504. The first-order valence-corrected chi connectivity index (χ1v) is 6.83. The van der Waals surface area contributed by atoms with E-state index in [-0.39, 0.29) is 5.97 Å². The Morgan fingerprint density at radius 1 is 1.29 bits per heavy atom. The zero-order valence-electron chi connectivity index (χ0n) is 12.6. The van der Waals surface area contributed by atoms with E-state index in [2.05, 4.69) is 10.3 Å². The van der Waals surface area contributed by atoms with Crippen LogP contribution < -0.4 is 5.32 Å². The van der Waals surface area contributed by atoms with E-state index < -0.39 is 6.04 Å². The summed E-state index contributed by atoms with van der Waals surface area (Å²) < 4.78 is 9.87. The number of carbonyl (C=O) groups is 1. The number of hydrogen-bond donors (Lipinski definition) is 1. The van der Waals surface area contributed by atoms with Crippen molar-refractivity contribution < 1.29 is 14.3 Å². The maximum Gasteiger partial charge on any atom is 0.327 e. The maximum absolute atomic E-state index is 12.0. The summed E-state index contributed by atoms with van der Waals surface area (Å²) in [6.07, 6.45) is 0. The van der Waals surface area contributed by atoms with Crippen LogP contribution in [0.4, 0.5) is 0 Å². The number of hydrogen-bond acceptors (Lipinski definition) is 5. The lowest BCUT2D eigenvalue weighted by molar-refractivity contribution is -0.143. The highest BCUT2D eigenvalue weighted by Gasteiger charge is 2.20. The molecule has 0 amide bonds. The summed E-state index contributed by atoms with van der Waals surface area (Å²) in [4.78, 5) is 16.4. The molecule has 0 saturated heterocycles. The Morgan fingerprint density at radius 3 is 2.81 bits per heavy atom. The van der Waals surface area contributed by atoms with Crippen molar-refractivity contribution in [1.29, 1.82) is 0 Å². The molecular formula is C16H20N2O3. The zero-order chi connectivity index (χ0) is 15.2. The van der Waals surface area contributed by atoms with Crippen LogP contribution in [0.2, 0.25) is 0 Å². The van der Waals surface area contributed by atoms with Crippen LogP contribution in [-0.4, -0.2) is 38.3 Å². The lowest BCUT2D eigenvalue weighted by atomic mass is 10.0. The molecule has 1 N–H and O–H groups in total. The third-order valence-corrected chi connectivity index (χ3v) is 3.28. The molecular weight excluding hydrogens is 268 g/mol. The van der Waals surface area contributed by atoms with Gasteiger partial charge in [0.2, 0.25) is 0 Å². The van der Waals surface area contributed by atoms with E-state index in [4.69, 9.17) is 9.47 Å². The molecule has 1 atom stereocenters. The van der Waals surface area contributed by atoms with Crippen molar-refractivity contribution in [3.8, 4) is 0 Å². The van der Waals surface area contributed by atoms with Gasteiger partial charge in [-0.25, -0.2) is 4.79 Å². The van der Waals surface area contributed by atoms with Gasteiger partial charge in [0, 0.05) is 24.7 Å². The monoisotopic (exact) mass is 288 g/mol. The van der Waals surface area contributed by atoms with E-state index in [1.54, 1.807) is 7.11 Å². The third-order valence-electron chi connectivity index (χ3n) is 3.28. The van der Waals surface area contributed by atoms with Crippen LogP contribution in [0.15, 0.2) is 30.3 Å². The van der Waals surface area contributed by atoms with Gasteiger partial charge in [-0.1, -0.05) is 12.1 Å². The minimum Gasteiger partial charge on any atom is -0.468 e. The number of nitrogens with one attached hydrogen (secondary N) is 1. The minimum absolute atomic E-state index is 0.314. The summed E-state index contributed by atoms with van der Waals surface area (Å²) in [6, 6.07) is 9.24. The van der Waals surface area contributed by atoms with Crippen LogP contribution in [0.5, 0.6) is 0 Å². The standard InChI is InChI=1S/C16H20N2O3/c1-11-4-5-12-10-13(6-7-14(12)18-11)15(16(19)21-3)17-8-9-20-2/h4-7,10,15,17H,8-9H2,1-3H3. The second-order valence-corrected chi connectivity index (χ2v) is 4.81. The molecule has 0 fully saturated rings.